The van der Waals surface area contributed by atoms with Gasteiger partial charge < -0.3 is 5.32 Å². The van der Waals surface area contributed by atoms with Crippen LogP contribution in [0.15, 0.2) is 54.8 Å². The maximum absolute atomic E-state index is 11.7. The molecule has 0 aliphatic rings. The molecule has 0 saturated carbocycles. The first-order chi connectivity index (χ1) is 8.25. The van der Waals surface area contributed by atoms with Crippen LogP contribution in [-0.2, 0) is 6.54 Å². The summed E-state index contributed by atoms with van der Waals surface area (Å²) in [5.74, 6) is -0.137. The molecule has 0 bridgehead atoms. The van der Waals surface area contributed by atoms with Crippen LogP contribution in [0.5, 0.6) is 0 Å². The fraction of sp³-hybridized carbons (Fsp3) is 0.0769. The van der Waals surface area contributed by atoms with Gasteiger partial charge in [-0.15, -0.1) is 0 Å². The highest BCUT2D eigenvalue weighted by atomic mass is 16.1. The molecule has 1 amide bonds. The van der Waals surface area contributed by atoms with Crippen molar-refractivity contribution in [2.45, 2.75) is 6.54 Å². The second kappa shape index (κ2) is 5.07. The van der Waals surface area contributed by atoms with Crippen LogP contribution in [0.3, 0.4) is 0 Å². The first-order valence-corrected chi connectivity index (χ1v) is 4.99. The number of aromatic nitrogens is 1. The third-order valence-corrected chi connectivity index (χ3v) is 2.18. The van der Waals surface area contributed by atoms with Crippen LogP contribution in [0.2, 0.25) is 0 Å². The molecule has 16 heavy (non-hydrogen) atoms. The van der Waals surface area contributed by atoms with Crippen molar-refractivity contribution in [1.29, 1.82) is 0 Å². The Bertz CT molecular complexity index is 497. The molecular weight excluding hydrogens is 200 g/mol. The van der Waals surface area contributed by atoms with Gasteiger partial charge in [0.2, 0.25) is 0 Å². The molecule has 0 aliphatic carbocycles. The van der Waals surface area contributed by atoms with E-state index in [-0.39, 0.29) is 5.91 Å². The second-order valence-electron chi connectivity index (χ2n) is 3.33. The zero-order valence-electron chi connectivity index (χ0n) is 9.68. The van der Waals surface area contributed by atoms with Crippen molar-refractivity contribution in [3.05, 3.63) is 66.0 Å². The number of nitrogens with zero attached hydrogens (tertiary/aromatic N) is 1. The van der Waals surface area contributed by atoms with Gasteiger partial charge >= 0.3 is 0 Å². The fourth-order valence-electron chi connectivity index (χ4n) is 1.32. The predicted molar refractivity (Wildman–Crippen MR) is 61.8 cm³/mol. The maximum atomic E-state index is 11.7. The zero-order valence-corrected chi connectivity index (χ0v) is 8.68. The summed E-state index contributed by atoms with van der Waals surface area (Å²) >= 11 is 0. The van der Waals surface area contributed by atoms with Gasteiger partial charge in [-0.05, 0) is 29.8 Å². The van der Waals surface area contributed by atoms with Crippen LogP contribution in [0, 0.1) is 0 Å². The van der Waals surface area contributed by atoms with Gasteiger partial charge in [0.15, 0.2) is 0 Å². The maximum Gasteiger partial charge on any atom is 0.251 e. The van der Waals surface area contributed by atoms with E-state index in [1.54, 1.807) is 36.7 Å². The molecule has 80 valence electrons. The molecule has 1 N–H and O–H groups in total. The molecule has 0 radical (unpaired) electrons. The van der Waals surface area contributed by atoms with Crippen LogP contribution >= 0.6 is 0 Å². The average molecular weight is 213 g/mol. The predicted octanol–water partition coefficient (Wildman–Crippen LogP) is 2.01. The molecule has 3 heteroatoms. The van der Waals surface area contributed by atoms with E-state index in [4.69, 9.17) is 1.37 Å². The third kappa shape index (κ3) is 2.67. The molecule has 2 aromatic rings. The average Bonchev–Trinajstić information content (AvgIpc) is 2.38. The van der Waals surface area contributed by atoms with Crippen LogP contribution in [0.25, 0.3) is 0 Å². The minimum absolute atomic E-state index is 0.137. The Labute approximate surface area is 95.6 Å². The summed E-state index contributed by atoms with van der Waals surface area (Å²) in [4.78, 5) is 15.6. The van der Waals surface area contributed by atoms with Crippen LogP contribution in [-0.4, -0.2) is 10.9 Å². The minimum atomic E-state index is -0.137. The van der Waals surface area contributed by atoms with Crippen molar-refractivity contribution < 1.29 is 6.17 Å². The summed E-state index contributed by atoms with van der Waals surface area (Å²) in [6.07, 6.45) is 3.38. The molecule has 0 atom stereocenters. The summed E-state index contributed by atoms with van der Waals surface area (Å²) in [6.45, 7) is 0.476. The van der Waals surface area contributed by atoms with E-state index in [0.717, 1.165) is 5.56 Å². The highest BCUT2D eigenvalue weighted by Crippen LogP contribution is 2.00. The standard InChI is InChI=1S/C13H12N2O/c16-13(12-4-2-1-3-5-12)15-10-11-6-8-14-9-7-11/h1-9H,10H2,(H,15,16)/i1D. The van der Waals surface area contributed by atoms with E-state index in [9.17, 15) is 4.79 Å². The van der Waals surface area contributed by atoms with Crippen molar-refractivity contribution in [2.75, 3.05) is 0 Å². The number of hydrogen-bond acceptors (Lipinski definition) is 2. The highest BCUT2D eigenvalue weighted by molar-refractivity contribution is 5.94. The normalized spacial score (nSPS) is 10.6. The Morgan fingerprint density at radius 1 is 1.25 bits per heavy atom. The molecule has 0 saturated heterocycles. The molecule has 3 nitrogen and oxygen atoms in total. The molecule has 0 aliphatic heterocycles. The van der Waals surface area contributed by atoms with E-state index >= 15 is 0 Å². The number of carbonyl (C=O) groups excluding carboxylic acids is 1. The number of rotatable bonds is 3. The van der Waals surface area contributed by atoms with Gasteiger partial charge in [0.05, 0.1) is 1.37 Å². The SMILES string of the molecule is [2H]c1ccc(C(=O)NCc2ccncc2)cc1. The molecule has 0 spiro atoms. The molecule has 0 fully saturated rings. The molecule has 1 aromatic carbocycles. The molecule has 0 unspecified atom stereocenters. The number of benzene rings is 1. The number of amides is 1. The highest BCUT2D eigenvalue weighted by Gasteiger charge is 2.02. The largest absolute Gasteiger partial charge is 0.348 e. The Balaban J connectivity index is 1.96. The first-order valence-electron chi connectivity index (χ1n) is 5.49. The van der Waals surface area contributed by atoms with Gasteiger partial charge in [0, 0.05) is 24.5 Å². The number of carbonyl (C=O) groups is 1. The molecule has 2 rings (SSSR count). The molecule has 1 heterocycles. The van der Waals surface area contributed by atoms with E-state index in [1.165, 1.54) is 0 Å². The summed E-state index contributed by atoms with van der Waals surface area (Å²) in [5.41, 5.74) is 1.57. The first kappa shape index (κ1) is 9.09. The fourth-order valence-corrected chi connectivity index (χ4v) is 1.32. The number of pyridine rings is 1. The Morgan fingerprint density at radius 3 is 2.62 bits per heavy atom. The zero-order chi connectivity index (χ0) is 12.1. The third-order valence-electron chi connectivity index (χ3n) is 2.18. The quantitative estimate of drug-likeness (QED) is 0.847. The minimum Gasteiger partial charge on any atom is -0.348 e. The van der Waals surface area contributed by atoms with E-state index < -0.39 is 0 Å². The lowest BCUT2D eigenvalue weighted by Crippen LogP contribution is -2.22. The summed E-state index contributed by atoms with van der Waals surface area (Å²) < 4.78 is 7.33. The van der Waals surface area contributed by atoms with Crippen molar-refractivity contribution in [3.63, 3.8) is 0 Å². The van der Waals surface area contributed by atoms with Gasteiger partial charge in [-0.3, -0.25) is 9.78 Å². The Kier molecular flexibility index (Phi) is 2.88. The smallest absolute Gasteiger partial charge is 0.251 e. The van der Waals surface area contributed by atoms with Gasteiger partial charge in [-0.1, -0.05) is 18.2 Å². The second-order valence-corrected chi connectivity index (χ2v) is 3.33. The summed E-state index contributed by atoms with van der Waals surface area (Å²) in [7, 11) is 0. The molecular formula is C13H12N2O. The van der Waals surface area contributed by atoms with Gasteiger partial charge in [0.25, 0.3) is 5.91 Å². The summed E-state index contributed by atoms with van der Waals surface area (Å²) in [5, 5.41) is 2.81. The topological polar surface area (TPSA) is 42.0 Å². The van der Waals surface area contributed by atoms with Crippen molar-refractivity contribution >= 4 is 5.91 Å². The van der Waals surface area contributed by atoms with Gasteiger partial charge in [-0.2, -0.15) is 0 Å². The van der Waals surface area contributed by atoms with Crippen molar-refractivity contribution in [3.8, 4) is 0 Å². The van der Waals surface area contributed by atoms with E-state index in [2.05, 4.69) is 10.3 Å². The number of hydrogen-bond donors (Lipinski definition) is 1. The van der Waals surface area contributed by atoms with Gasteiger partial charge in [-0.25, -0.2) is 0 Å². The van der Waals surface area contributed by atoms with Gasteiger partial charge in [0.1, 0.15) is 0 Å². The van der Waals surface area contributed by atoms with Crippen LogP contribution in [0.4, 0.5) is 0 Å². The Morgan fingerprint density at radius 2 is 1.94 bits per heavy atom. The van der Waals surface area contributed by atoms with E-state index in [0.29, 0.717) is 18.2 Å². The number of nitrogens with one attached hydrogen (secondary N) is 1. The van der Waals surface area contributed by atoms with E-state index in [1.807, 2.05) is 12.1 Å². The van der Waals surface area contributed by atoms with Crippen molar-refractivity contribution in [1.82, 2.24) is 10.3 Å². The van der Waals surface area contributed by atoms with Crippen LogP contribution in [0.1, 0.15) is 17.3 Å². The summed E-state index contributed by atoms with van der Waals surface area (Å²) in [6, 6.07) is 10.6. The lowest BCUT2D eigenvalue weighted by atomic mass is 10.2. The lowest BCUT2D eigenvalue weighted by Gasteiger charge is -2.04. The van der Waals surface area contributed by atoms with Crippen molar-refractivity contribution in [2.24, 2.45) is 0 Å². The van der Waals surface area contributed by atoms with Crippen LogP contribution < -0.4 is 5.32 Å². The molecule has 1 aromatic heterocycles. The lowest BCUT2D eigenvalue weighted by molar-refractivity contribution is 0.0951. The monoisotopic (exact) mass is 213 g/mol. The Hall–Kier alpha value is -2.16.